The summed E-state index contributed by atoms with van der Waals surface area (Å²) in [6.45, 7) is 0. The molecule has 0 unspecified atom stereocenters. The Bertz CT molecular complexity index is 544. The fraction of sp³-hybridized carbons (Fsp3) is 0.429. The number of aliphatic hydroxyl groups excluding tert-OH is 1. The molecule has 0 amide bonds. The van der Waals surface area contributed by atoms with Crippen molar-refractivity contribution in [2.45, 2.75) is 37.7 Å². The number of carbonyl (C=O) groups excluding carboxylic acids is 1. The lowest BCUT2D eigenvalue weighted by Gasteiger charge is -2.31. The zero-order valence-corrected chi connectivity index (χ0v) is 11.1. The molecular weight excluding hydrogens is 266 g/mol. The number of rotatable bonds is 1. The van der Waals surface area contributed by atoms with Crippen molar-refractivity contribution in [1.29, 1.82) is 0 Å². The number of hydrogen-bond acceptors (Lipinski definition) is 4. The van der Waals surface area contributed by atoms with Gasteiger partial charge in [-0.3, -0.25) is 0 Å². The highest BCUT2D eigenvalue weighted by Gasteiger charge is 2.48. The van der Waals surface area contributed by atoms with Gasteiger partial charge in [0, 0.05) is 11.8 Å². The Kier molecular flexibility index (Phi) is 2.97. The summed E-state index contributed by atoms with van der Waals surface area (Å²) < 4.78 is 5.48. The topological polar surface area (TPSA) is 59.4 Å². The van der Waals surface area contributed by atoms with E-state index in [2.05, 4.69) is 4.98 Å². The largest absolute Gasteiger partial charge is 0.507 e. The van der Waals surface area contributed by atoms with E-state index < -0.39 is 11.6 Å². The zero-order valence-electron chi connectivity index (χ0n) is 10.4. The van der Waals surface area contributed by atoms with E-state index in [-0.39, 0.29) is 11.3 Å². The van der Waals surface area contributed by atoms with Gasteiger partial charge in [0.25, 0.3) is 0 Å². The lowest BCUT2D eigenvalue weighted by molar-refractivity contribution is -0.149. The van der Waals surface area contributed by atoms with Crippen LogP contribution in [0.25, 0.3) is 5.57 Å². The number of aromatic nitrogens is 1. The summed E-state index contributed by atoms with van der Waals surface area (Å²) in [6, 6.07) is 3.26. The number of esters is 1. The fourth-order valence-electron chi connectivity index (χ4n) is 2.84. The molecule has 2 aliphatic rings. The number of ether oxygens (including phenoxy) is 1. The minimum absolute atomic E-state index is 0.0568. The van der Waals surface area contributed by atoms with E-state index in [1.54, 1.807) is 12.1 Å². The molecule has 19 heavy (non-hydrogen) atoms. The van der Waals surface area contributed by atoms with Gasteiger partial charge >= 0.3 is 5.97 Å². The molecule has 0 atom stereocenters. The van der Waals surface area contributed by atoms with Crippen LogP contribution in [0.15, 0.2) is 24.1 Å². The molecule has 0 saturated heterocycles. The smallest absolute Gasteiger partial charge is 0.343 e. The first-order valence-corrected chi connectivity index (χ1v) is 6.79. The van der Waals surface area contributed by atoms with Crippen LogP contribution < -0.4 is 0 Å². The van der Waals surface area contributed by atoms with Crippen LogP contribution in [0.4, 0.5) is 0 Å². The molecule has 5 heteroatoms. The molecule has 1 N–H and O–H groups in total. The summed E-state index contributed by atoms with van der Waals surface area (Å²) in [6.07, 6.45) is 5.90. The number of carbonyl (C=O) groups is 1. The molecule has 2 heterocycles. The van der Waals surface area contributed by atoms with Crippen LogP contribution in [0.3, 0.4) is 0 Å². The minimum atomic E-state index is -0.801. The third-order valence-corrected chi connectivity index (χ3v) is 4.06. The van der Waals surface area contributed by atoms with Crippen LogP contribution >= 0.6 is 11.6 Å². The number of aliphatic hydroxyl groups is 1. The molecule has 1 aliphatic carbocycles. The minimum Gasteiger partial charge on any atom is -0.507 e. The van der Waals surface area contributed by atoms with Gasteiger partial charge in [0.2, 0.25) is 0 Å². The number of halogens is 1. The normalized spacial score (nSPS) is 21.8. The van der Waals surface area contributed by atoms with Gasteiger partial charge in [0.05, 0.1) is 0 Å². The highest BCUT2D eigenvalue weighted by atomic mass is 35.5. The monoisotopic (exact) mass is 279 g/mol. The van der Waals surface area contributed by atoms with E-state index in [4.69, 9.17) is 16.3 Å². The maximum absolute atomic E-state index is 12.0. The van der Waals surface area contributed by atoms with Crippen LogP contribution in [-0.4, -0.2) is 21.7 Å². The van der Waals surface area contributed by atoms with Crippen LogP contribution in [0.5, 0.6) is 0 Å². The molecule has 1 fully saturated rings. The van der Waals surface area contributed by atoms with Crippen molar-refractivity contribution < 1.29 is 14.6 Å². The summed E-state index contributed by atoms with van der Waals surface area (Å²) in [5, 5.41) is 10.8. The van der Waals surface area contributed by atoms with E-state index >= 15 is 0 Å². The Balaban J connectivity index is 2.03. The quantitative estimate of drug-likeness (QED) is 0.633. The van der Waals surface area contributed by atoms with Crippen molar-refractivity contribution in [2.24, 2.45) is 0 Å². The molecule has 1 spiro atoms. The van der Waals surface area contributed by atoms with Crippen LogP contribution in [0.1, 0.15) is 37.7 Å². The van der Waals surface area contributed by atoms with Crippen LogP contribution in [0.2, 0.25) is 5.15 Å². The van der Waals surface area contributed by atoms with E-state index in [0.717, 1.165) is 19.3 Å². The highest BCUT2D eigenvalue weighted by Crippen LogP contribution is 2.45. The predicted octanol–water partition coefficient (Wildman–Crippen LogP) is 3.26. The molecule has 0 bridgehead atoms. The van der Waals surface area contributed by atoms with Gasteiger partial charge in [-0.1, -0.05) is 18.0 Å². The average Bonchev–Trinajstić information content (AvgIpc) is 2.64. The van der Waals surface area contributed by atoms with Crippen LogP contribution in [0, 0.1) is 0 Å². The zero-order chi connectivity index (χ0) is 13.5. The summed E-state index contributed by atoms with van der Waals surface area (Å²) >= 11 is 5.73. The third-order valence-electron chi connectivity index (χ3n) is 3.84. The van der Waals surface area contributed by atoms with Crippen molar-refractivity contribution in [3.05, 3.63) is 34.8 Å². The standard InChI is InChI=1S/C14H14ClNO3/c15-10-5-4-9(8-16-10)11-12(17)14(19-13(11)18)6-2-1-3-7-14/h4-5,8,17H,1-3,6-7H2. The van der Waals surface area contributed by atoms with Gasteiger partial charge in [-0.2, -0.15) is 0 Å². The second-order valence-corrected chi connectivity index (χ2v) is 5.42. The van der Waals surface area contributed by atoms with E-state index in [1.165, 1.54) is 6.20 Å². The van der Waals surface area contributed by atoms with Gasteiger partial charge in [0.1, 0.15) is 10.7 Å². The third kappa shape index (κ3) is 2.00. The van der Waals surface area contributed by atoms with Crippen molar-refractivity contribution in [1.82, 2.24) is 4.98 Å². The maximum Gasteiger partial charge on any atom is 0.343 e. The second-order valence-electron chi connectivity index (χ2n) is 5.04. The molecular formula is C14H14ClNO3. The molecule has 4 nitrogen and oxygen atoms in total. The first-order chi connectivity index (χ1) is 9.12. The van der Waals surface area contributed by atoms with Crippen molar-refractivity contribution in [3.63, 3.8) is 0 Å². The average molecular weight is 280 g/mol. The Hall–Kier alpha value is -1.55. The first-order valence-electron chi connectivity index (χ1n) is 6.41. The van der Waals surface area contributed by atoms with E-state index in [9.17, 15) is 9.90 Å². The van der Waals surface area contributed by atoms with Gasteiger partial charge < -0.3 is 9.84 Å². The Labute approximate surface area is 116 Å². The molecule has 1 aliphatic heterocycles. The van der Waals surface area contributed by atoms with Crippen molar-refractivity contribution in [3.8, 4) is 0 Å². The van der Waals surface area contributed by atoms with Crippen molar-refractivity contribution in [2.75, 3.05) is 0 Å². The highest BCUT2D eigenvalue weighted by molar-refractivity contribution is 6.29. The van der Waals surface area contributed by atoms with E-state index in [1.807, 2.05) is 0 Å². The summed E-state index contributed by atoms with van der Waals surface area (Å²) in [5.74, 6) is -0.412. The number of nitrogens with zero attached hydrogens (tertiary/aromatic N) is 1. The Morgan fingerprint density at radius 3 is 2.63 bits per heavy atom. The van der Waals surface area contributed by atoms with E-state index in [0.29, 0.717) is 23.6 Å². The molecule has 100 valence electrons. The summed E-state index contributed by atoms with van der Waals surface area (Å²) in [7, 11) is 0. The van der Waals surface area contributed by atoms with Crippen LogP contribution in [-0.2, 0) is 9.53 Å². The Morgan fingerprint density at radius 1 is 1.26 bits per heavy atom. The lowest BCUT2D eigenvalue weighted by atomic mass is 9.82. The Morgan fingerprint density at radius 2 is 2.00 bits per heavy atom. The van der Waals surface area contributed by atoms with Gasteiger partial charge in [-0.25, -0.2) is 9.78 Å². The molecule has 0 radical (unpaired) electrons. The van der Waals surface area contributed by atoms with Crippen molar-refractivity contribution >= 4 is 23.1 Å². The van der Waals surface area contributed by atoms with Gasteiger partial charge in [-0.15, -0.1) is 0 Å². The molecule has 3 rings (SSSR count). The number of hydrogen-bond donors (Lipinski definition) is 1. The summed E-state index contributed by atoms with van der Waals surface area (Å²) in [5.41, 5.74) is -0.0231. The molecule has 1 aromatic rings. The number of pyridine rings is 1. The first kappa shape index (κ1) is 12.5. The molecule has 0 aromatic carbocycles. The van der Waals surface area contributed by atoms with Gasteiger partial charge in [0.15, 0.2) is 11.4 Å². The molecule has 1 aromatic heterocycles. The fourth-order valence-corrected chi connectivity index (χ4v) is 2.95. The summed E-state index contributed by atoms with van der Waals surface area (Å²) in [4.78, 5) is 16.0. The second kappa shape index (κ2) is 4.53. The lowest BCUT2D eigenvalue weighted by Crippen LogP contribution is -2.34. The predicted molar refractivity (Wildman–Crippen MR) is 70.7 cm³/mol. The molecule has 1 saturated carbocycles. The SMILES string of the molecule is O=C1OC2(CCCCC2)C(O)=C1c1ccc(Cl)nc1. The van der Waals surface area contributed by atoms with Gasteiger partial charge in [-0.05, 0) is 37.8 Å². The maximum atomic E-state index is 12.0.